The first-order valence-corrected chi connectivity index (χ1v) is 5.33. The van der Waals surface area contributed by atoms with E-state index in [2.05, 4.69) is 26.1 Å². The second-order valence-electron chi connectivity index (χ2n) is 5.02. The quantitative estimate of drug-likeness (QED) is 0.588. The van der Waals surface area contributed by atoms with E-state index < -0.39 is 0 Å². The number of hydrogen-bond acceptors (Lipinski definition) is 1. The Bertz CT molecular complexity index is 129. The Morgan fingerprint density at radius 3 is 2.58 bits per heavy atom. The lowest BCUT2D eigenvalue weighted by molar-refractivity contribution is 0.296. The molecular weight excluding hydrogens is 146 g/mol. The minimum Gasteiger partial charge on any atom is -0.314 e. The fraction of sp³-hybridized carbons (Fsp3) is 1.00. The summed E-state index contributed by atoms with van der Waals surface area (Å²) in [6.45, 7) is 8.33. The molecule has 0 spiro atoms. The maximum Gasteiger partial charge on any atom is 0.00387 e. The van der Waals surface area contributed by atoms with Crippen LogP contribution in [0.15, 0.2) is 0 Å². The van der Waals surface area contributed by atoms with Crippen molar-refractivity contribution in [2.75, 3.05) is 6.54 Å². The molecule has 1 unspecified atom stereocenters. The van der Waals surface area contributed by atoms with Gasteiger partial charge in [-0.2, -0.15) is 0 Å². The Labute approximate surface area is 76.9 Å². The summed E-state index contributed by atoms with van der Waals surface area (Å²) in [6.07, 6.45) is 6.87. The Kier molecular flexibility index (Phi) is 3.57. The van der Waals surface area contributed by atoms with Gasteiger partial charge in [0.25, 0.3) is 0 Å². The van der Waals surface area contributed by atoms with Crippen molar-refractivity contribution in [3.63, 3.8) is 0 Å². The molecule has 0 aliphatic carbocycles. The van der Waals surface area contributed by atoms with Gasteiger partial charge in [0.15, 0.2) is 0 Å². The van der Waals surface area contributed by atoms with Crippen LogP contribution >= 0.6 is 0 Å². The predicted molar refractivity (Wildman–Crippen MR) is 54.3 cm³/mol. The van der Waals surface area contributed by atoms with Gasteiger partial charge in [-0.3, -0.25) is 0 Å². The van der Waals surface area contributed by atoms with E-state index in [0.29, 0.717) is 5.41 Å². The van der Waals surface area contributed by atoms with E-state index in [1.54, 1.807) is 0 Å². The number of rotatable bonds is 0. The Balaban J connectivity index is 2.37. The van der Waals surface area contributed by atoms with Crippen molar-refractivity contribution in [3.8, 4) is 0 Å². The van der Waals surface area contributed by atoms with Crippen LogP contribution in [0, 0.1) is 5.41 Å². The molecule has 1 nitrogen and oxygen atoms in total. The third-order valence-electron chi connectivity index (χ3n) is 3.01. The molecule has 12 heavy (non-hydrogen) atoms. The molecule has 0 aromatic rings. The van der Waals surface area contributed by atoms with Crippen molar-refractivity contribution in [1.82, 2.24) is 5.32 Å². The fourth-order valence-electron chi connectivity index (χ4n) is 2.03. The van der Waals surface area contributed by atoms with E-state index in [-0.39, 0.29) is 0 Å². The van der Waals surface area contributed by atoms with Gasteiger partial charge in [0.05, 0.1) is 0 Å². The lowest BCUT2D eigenvalue weighted by Crippen LogP contribution is -2.26. The number of hydrogen-bond donors (Lipinski definition) is 1. The SMILES string of the molecule is CC1CCCC(C)(C)CCCN1. The summed E-state index contributed by atoms with van der Waals surface area (Å²) in [7, 11) is 0. The summed E-state index contributed by atoms with van der Waals surface area (Å²) in [6, 6.07) is 0.735. The lowest BCUT2D eigenvalue weighted by atomic mass is 9.83. The predicted octanol–water partition coefficient (Wildman–Crippen LogP) is 2.95. The maximum atomic E-state index is 3.56. The van der Waals surface area contributed by atoms with Crippen molar-refractivity contribution < 1.29 is 0 Å². The molecule has 1 heteroatoms. The van der Waals surface area contributed by atoms with Gasteiger partial charge >= 0.3 is 0 Å². The molecule has 1 aliphatic rings. The summed E-state index contributed by atoms with van der Waals surface area (Å²) in [4.78, 5) is 0. The van der Waals surface area contributed by atoms with Gasteiger partial charge in [-0.05, 0) is 44.6 Å². The standard InChI is InChI=1S/C11H23N/c1-10-6-4-7-11(2,3)8-5-9-12-10/h10,12H,4-9H2,1-3H3. The largest absolute Gasteiger partial charge is 0.314 e. The minimum absolute atomic E-state index is 0.589. The van der Waals surface area contributed by atoms with Gasteiger partial charge < -0.3 is 5.32 Å². The zero-order chi connectivity index (χ0) is 9.03. The van der Waals surface area contributed by atoms with E-state index >= 15 is 0 Å². The monoisotopic (exact) mass is 169 g/mol. The van der Waals surface area contributed by atoms with Crippen molar-refractivity contribution in [2.24, 2.45) is 5.41 Å². The molecule has 0 aromatic heterocycles. The highest BCUT2D eigenvalue weighted by Crippen LogP contribution is 2.29. The normalized spacial score (nSPS) is 31.8. The summed E-state index contributed by atoms with van der Waals surface area (Å²) >= 11 is 0. The van der Waals surface area contributed by atoms with Crippen molar-refractivity contribution >= 4 is 0 Å². The zero-order valence-electron chi connectivity index (χ0n) is 8.82. The fourth-order valence-corrected chi connectivity index (χ4v) is 2.03. The molecule has 72 valence electrons. The lowest BCUT2D eigenvalue weighted by Gasteiger charge is -2.23. The first-order valence-electron chi connectivity index (χ1n) is 5.33. The molecule has 0 aromatic carbocycles. The molecule has 1 heterocycles. The minimum atomic E-state index is 0.589. The number of nitrogens with one attached hydrogen (secondary N) is 1. The van der Waals surface area contributed by atoms with E-state index in [4.69, 9.17) is 0 Å². The third kappa shape index (κ3) is 3.57. The average Bonchev–Trinajstić information content (AvgIpc) is 2.02. The topological polar surface area (TPSA) is 12.0 Å². The second-order valence-corrected chi connectivity index (χ2v) is 5.02. The van der Waals surface area contributed by atoms with Gasteiger partial charge in [-0.25, -0.2) is 0 Å². The van der Waals surface area contributed by atoms with Crippen LogP contribution in [-0.4, -0.2) is 12.6 Å². The Morgan fingerprint density at radius 2 is 1.83 bits per heavy atom. The molecule has 0 bridgehead atoms. The third-order valence-corrected chi connectivity index (χ3v) is 3.01. The Hall–Kier alpha value is -0.0400. The zero-order valence-corrected chi connectivity index (χ0v) is 8.82. The van der Waals surface area contributed by atoms with E-state index in [1.165, 1.54) is 38.6 Å². The maximum absolute atomic E-state index is 3.56. The van der Waals surface area contributed by atoms with Crippen LogP contribution in [0.1, 0.15) is 52.9 Å². The molecule has 0 saturated carbocycles. The van der Waals surface area contributed by atoms with Gasteiger partial charge in [-0.1, -0.05) is 20.3 Å². The average molecular weight is 169 g/mol. The molecule has 0 radical (unpaired) electrons. The van der Waals surface area contributed by atoms with Crippen LogP contribution in [0.5, 0.6) is 0 Å². The van der Waals surface area contributed by atoms with Gasteiger partial charge in [0.1, 0.15) is 0 Å². The van der Waals surface area contributed by atoms with Crippen LogP contribution in [0.3, 0.4) is 0 Å². The summed E-state index contributed by atoms with van der Waals surface area (Å²) in [5.74, 6) is 0. The summed E-state index contributed by atoms with van der Waals surface area (Å²) in [5.41, 5.74) is 0.589. The highest BCUT2D eigenvalue weighted by atomic mass is 14.9. The first kappa shape index (κ1) is 10.0. The molecule has 1 atom stereocenters. The van der Waals surface area contributed by atoms with E-state index in [1.807, 2.05) is 0 Å². The highest BCUT2D eigenvalue weighted by Gasteiger charge is 2.18. The van der Waals surface area contributed by atoms with Crippen LogP contribution in [0.25, 0.3) is 0 Å². The summed E-state index contributed by atoms with van der Waals surface area (Å²) < 4.78 is 0. The Morgan fingerprint density at radius 1 is 1.17 bits per heavy atom. The van der Waals surface area contributed by atoms with Crippen LogP contribution in [0.4, 0.5) is 0 Å². The summed E-state index contributed by atoms with van der Waals surface area (Å²) in [5, 5.41) is 3.56. The van der Waals surface area contributed by atoms with Gasteiger partial charge in [0, 0.05) is 6.04 Å². The van der Waals surface area contributed by atoms with Crippen LogP contribution in [-0.2, 0) is 0 Å². The van der Waals surface area contributed by atoms with Crippen molar-refractivity contribution in [2.45, 2.75) is 58.9 Å². The van der Waals surface area contributed by atoms with Crippen molar-refractivity contribution in [3.05, 3.63) is 0 Å². The van der Waals surface area contributed by atoms with Crippen molar-refractivity contribution in [1.29, 1.82) is 0 Å². The second kappa shape index (κ2) is 4.27. The van der Waals surface area contributed by atoms with Gasteiger partial charge in [0.2, 0.25) is 0 Å². The molecule has 0 amide bonds. The molecule has 1 fully saturated rings. The van der Waals surface area contributed by atoms with Crippen LogP contribution < -0.4 is 5.32 Å². The van der Waals surface area contributed by atoms with Gasteiger partial charge in [-0.15, -0.1) is 0 Å². The van der Waals surface area contributed by atoms with E-state index in [9.17, 15) is 0 Å². The highest BCUT2D eigenvalue weighted by molar-refractivity contribution is 4.73. The molecule has 1 aliphatic heterocycles. The smallest absolute Gasteiger partial charge is 0.00387 e. The first-order chi connectivity index (χ1) is 5.60. The molecule has 1 rings (SSSR count). The molecular formula is C11H23N. The molecule has 1 saturated heterocycles. The molecule has 1 N–H and O–H groups in total. The van der Waals surface area contributed by atoms with Crippen LogP contribution in [0.2, 0.25) is 0 Å². The van der Waals surface area contributed by atoms with E-state index in [0.717, 1.165) is 6.04 Å².